The van der Waals surface area contributed by atoms with Gasteiger partial charge in [-0.05, 0) is 85.9 Å². The molecule has 7 unspecified atom stereocenters. The largest absolute Gasteiger partial charge is 0.469 e. The first kappa shape index (κ1) is 23.8. The average Bonchev–Trinajstić information content (AvgIpc) is 3.11. The molecule has 0 amide bonds. The summed E-state index contributed by atoms with van der Waals surface area (Å²) in [4.78, 5) is 36.2. The summed E-state index contributed by atoms with van der Waals surface area (Å²) in [5, 5.41) is 0. The van der Waals surface area contributed by atoms with Crippen molar-refractivity contribution in [3.05, 3.63) is 0 Å². The highest BCUT2D eigenvalue weighted by molar-refractivity contribution is 5.79. The van der Waals surface area contributed by atoms with Crippen LogP contribution in [0, 0.1) is 46.3 Å². The van der Waals surface area contributed by atoms with E-state index in [1.165, 1.54) is 20.0 Å². The van der Waals surface area contributed by atoms with Crippen LogP contribution in [0.15, 0.2) is 0 Å². The van der Waals surface area contributed by atoms with Gasteiger partial charge >= 0.3 is 11.9 Å². The van der Waals surface area contributed by atoms with Crippen molar-refractivity contribution in [1.82, 2.24) is 0 Å². The molecule has 4 aliphatic carbocycles. The zero-order valence-corrected chi connectivity index (χ0v) is 20.7. The number of hydrogen-bond donors (Lipinski definition) is 0. The van der Waals surface area contributed by atoms with E-state index in [2.05, 4.69) is 20.8 Å². The Morgan fingerprint density at radius 3 is 2.56 bits per heavy atom. The van der Waals surface area contributed by atoms with Gasteiger partial charge in [0.2, 0.25) is 0 Å². The summed E-state index contributed by atoms with van der Waals surface area (Å²) in [7, 11) is 1.45. The van der Waals surface area contributed by atoms with Crippen LogP contribution in [-0.4, -0.2) is 30.9 Å². The van der Waals surface area contributed by atoms with Gasteiger partial charge in [0.05, 0.1) is 7.11 Å². The van der Waals surface area contributed by atoms with Crippen molar-refractivity contribution in [2.24, 2.45) is 46.3 Å². The molecule has 4 fully saturated rings. The van der Waals surface area contributed by atoms with E-state index in [1.807, 2.05) is 0 Å². The number of carbonyl (C=O) groups is 3. The highest BCUT2D eigenvalue weighted by atomic mass is 16.5. The number of carbonyl (C=O) groups excluding carboxylic acids is 3. The van der Waals surface area contributed by atoms with Crippen LogP contribution >= 0.6 is 0 Å². The number of ketones is 1. The van der Waals surface area contributed by atoms with Crippen molar-refractivity contribution >= 4 is 17.7 Å². The molecule has 4 aliphatic rings. The molecule has 0 aromatic heterocycles. The minimum absolute atomic E-state index is 0.0456. The van der Waals surface area contributed by atoms with Crippen molar-refractivity contribution < 1.29 is 23.9 Å². The van der Waals surface area contributed by atoms with Crippen LogP contribution in [0.2, 0.25) is 0 Å². The maximum atomic E-state index is 12.2. The quantitative estimate of drug-likeness (QED) is 0.533. The first-order valence-electron chi connectivity index (χ1n) is 12.9. The molecule has 5 nitrogen and oxygen atoms in total. The van der Waals surface area contributed by atoms with Crippen molar-refractivity contribution in [2.45, 2.75) is 98.0 Å². The van der Waals surface area contributed by atoms with Gasteiger partial charge in [0, 0.05) is 31.6 Å². The molecule has 0 spiro atoms. The summed E-state index contributed by atoms with van der Waals surface area (Å²) in [6.07, 6.45) is 9.27. The predicted octanol–water partition coefficient (Wildman–Crippen LogP) is 5.35. The molecule has 5 heteroatoms. The predicted molar refractivity (Wildman–Crippen MR) is 122 cm³/mol. The molecule has 0 bridgehead atoms. The third-order valence-corrected chi connectivity index (χ3v) is 10.7. The Morgan fingerprint density at radius 1 is 1.12 bits per heavy atom. The molecular weight excluding hydrogens is 404 g/mol. The first-order valence-corrected chi connectivity index (χ1v) is 12.9. The molecular formula is C27H42O5. The van der Waals surface area contributed by atoms with Crippen LogP contribution in [-0.2, 0) is 23.9 Å². The van der Waals surface area contributed by atoms with Crippen LogP contribution in [0.4, 0.5) is 0 Å². The standard InChI is InChI=1S/C27H42O5/c1-16(6-11-25(30)31-5)21-9-10-22-20-8-7-18-14-19(29)12-13-26(18,3)23(20)15-24(27(21,22)4)32-17(2)28/h16,18,20-24H,6-15H2,1-5H3/t16-,18?,20?,21?,22?,23?,24+,26?,27?/m1/s1. The van der Waals surface area contributed by atoms with E-state index in [0.29, 0.717) is 54.1 Å². The second-order valence-electron chi connectivity index (χ2n) is 11.9. The lowest BCUT2D eigenvalue weighted by Gasteiger charge is -2.62. The van der Waals surface area contributed by atoms with Gasteiger partial charge < -0.3 is 9.47 Å². The summed E-state index contributed by atoms with van der Waals surface area (Å²) >= 11 is 0. The summed E-state index contributed by atoms with van der Waals surface area (Å²) in [5.41, 5.74) is 0.140. The van der Waals surface area contributed by atoms with Crippen molar-refractivity contribution in [1.29, 1.82) is 0 Å². The van der Waals surface area contributed by atoms with E-state index < -0.39 is 0 Å². The molecule has 32 heavy (non-hydrogen) atoms. The lowest BCUT2D eigenvalue weighted by molar-refractivity contribution is -0.193. The number of Topliss-reactive ketones (excluding diaryl/α,β-unsaturated/α-hetero) is 1. The summed E-state index contributed by atoms with van der Waals surface area (Å²) < 4.78 is 11.0. The Labute approximate surface area is 193 Å². The van der Waals surface area contributed by atoms with E-state index in [0.717, 1.165) is 38.5 Å². The summed E-state index contributed by atoms with van der Waals surface area (Å²) in [6, 6.07) is 0. The number of methoxy groups -OCH3 is 1. The van der Waals surface area contributed by atoms with Gasteiger partial charge in [-0.1, -0.05) is 20.8 Å². The van der Waals surface area contributed by atoms with Crippen LogP contribution in [0.25, 0.3) is 0 Å². The Morgan fingerprint density at radius 2 is 1.88 bits per heavy atom. The lowest BCUT2D eigenvalue weighted by atomic mass is 9.43. The number of esters is 2. The molecule has 4 rings (SSSR count). The molecule has 0 aliphatic heterocycles. The Bertz CT molecular complexity index is 761. The number of fused-ring (bicyclic) bond motifs is 5. The van der Waals surface area contributed by atoms with Gasteiger partial charge in [0.1, 0.15) is 11.9 Å². The third kappa shape index (κ3) is 3.81. The van der Waals surface area contributed by atoms with E-state index >= 15 is 0 Å². The second kappa shape index (κ2) is 8.76. The Hall–Kier alpha value is -1.39. The van der Waals surface area contributed by atoms with Gasteiger partial charge in [-0.25, -0.2) is 0 Å². The molecule has 0 N–H and O–H groups in total. The summed E-state index contributed by atoms with van der Waals surface area (Å²) in [5.74, 6) is 3.16. The number of ether oxygens (including phenoxy) is 2. The number of hydrogen-bond acceptors (Lipinski definition) is 5. The third-order valence-electron chi connectivity index (χ3n) is 10.7. The summed E-state index contributed by atoms with van der Waals surface area (Å²) in [6.45, 7) is 8.62. The zero-order chi connectivity index (χ0) is 23.3. The van der Waals surface area contributed by atoms with Crippen LogP contribution in [0.1, 0.15) is 91.9 Å². The average molecular weight is 447 g/mol. The molecule has 0 saturated heterocycles. The van der Waals surface area contributed by atoms with Crippen LogP contribution in [0.3, 0.4) is 0 Å². The zero-order valence-electron chi connectivity index (χ0n) is 20.7. The fraction of sp³-hybridized carbons (Fsp3) is 0.889. The molecule has 0 aromatic rings. The van der Waals surface area contributed by atoms with E-state index in [4.69, 9.17) is 9.47 Å². The molecule has 0 heterocycles. The van der Waals surface area contributed by atoms with E-state index in [9.17, 15) is 14.4 Å². The fourth-order valence-electron chi connectivity index (χ4n) is 8.97. The van der Waals surface area contributed by atoms with E-state index in [1.54, 1.807) is 6.92 Å². The molecule has 0 radical (unpaired) electrons. The van der Waals surface area contributed by atoms with Gasteiger partial charge in [0.25, 0.3) is 0 Å². The van der Waals surface area contributed by atoms with Gasteiger partial charge in [-0.15, -0.1) is 0 Å². The smallest absolute Gasteiger partial charge is 0.305 e. The lowest BCUT2D eigenvalue weighted by Crippen LogP contribution is -2.59. The van der Waals surface area contributed by atoms with Crippen molar-refractivity contribution in [2.75, 3.05) is 7.11 Å². The maximum absolute atomic E-state index is 12.2. The van der Waals surface area contributed by atoms with Gasteiger partial charge in [-0.3, -0.25) is 14.4 Å². The monoisotopic (exact) mass is 446 g/mol. The SMILES string of the molecule is COC(=O)CC[C@@H](C)C1CCC2C3CCC4CC(=O)CCC4(C)C3C[C@H](OC(C)=O)C21C. The molecule has 180 valence electrons. The highest BCUT2D eigenvalue weighted by Crippen LogP contribution is 2.68. The minimum Gasteiger partial charge on any atom is -0.469 e. The Kier molecular flexibility index (Phi) is 6.50. The van der Waals surface area contributed by atoms with Crippen LogP contribution in [0.5, 0.6) is 0 Å². The minimum atomic E-state index is -0.183. The van der Waals surface area contributed by atoms with Crippen molar-refractivity contribution in [3.63, 3.8) is 0 Å². The highest BCUT2D eigenvalue weighted by Gasteiger charge is 2.64. The molecule has 0 aromatic carbocycles. The topological polar surface area (TPSA) is 69.7 Å². The maximum Gasteiger partial charge on any atom is 0.305 e. The van der Waals surface area contributed by atoms with Gasteiger partial charge in [-0.2, -0.15) is 0 Å². The second-order valence-corrected chi connectivity index (χ2v) is 11.9. The Balaban J connectivity index is 1.62. The van der Waals surface area contributed by atoms with Crippen molar-refractivity contribution in [3.8, 4) is 0 Å². The van der Waals surface area contributed by atoms with Gasteiger partial charge in [0.15, 0.2) is 0 Å². The molecule has 9 atom stereocenters. The normalized spacial score (nSPS) is 44.1. The molecule has 4 saturated carbocycles. The van der Waals surface area contributed by atoms with Crippen LogP contribution < -0.4 is 0 Å². The number of rotatable bonds is 5. The first-order chi connectivity index (χ1) is 15.1. The van der Waals surface area contributed by atoms with E-state index in [-0.39, 0.29) is 28.9 Å². The fourth-order valence-corrected chi connectivity index (χ4v) is 8.97.